The van der Waals surface area contributed by atoms with Crippen molar-refractivity contribution in [3.8, 4) is 5.06 Å². The average Bonchev–Trinajstić information content (AvgIpc) is 2.93. The van der Waals surface area contributed by atoms with Crippen molar-refractivity contribution < 1.29 is 14.3 Å². The standard InChI is InChI=1S/C14H13NO3S/c1-10(14(16)18-12-6-4-8-19-12)13(17-2)11-5-3-7-15-9-11/h3-9H,1-2H3. The van der Waals surface area contributed by atoms with Crippen molar-refractivity contribution in [2.24, 2.45) is 0 Å². The van der Waals surface area contributed by atoms with Crippen LogP contribution in [0.25, 0.3) is 5.76 Å². The SMILES string of the molecule is COC(=C(C)C(=O)Oc1cccs1)c1cccnc1. The van der Waals surface area contributed by atoms with Crippen molar-refractivity contribution in [3.05, 3.63) is 53.2 Å². The largest absolute Gasteiger partial charge is 0.496 e. The Kier molecular flexibility index (Phi) is 4.30. The minimum absolute atomic E-state index is 0.406. The fourth-order valence-corrected chi connectivity index (χ4v) is 2.14. The number of nitrogens with zero attached hydrogens (tertiary/aromatic N) is 1. The van der Waals surface area contributed by atoms with Crippen LogP contribution in [0, 0.1) is 0 Å². The normalized spacial score (nSPS) is 11.7. The third-order valence-corrected chi connectivity index (χ3v) is 3.21. The van der Waals surface area contributed by atoms with Crippen molar-refractivity contribution in [2.75, 3.05) is 7.11 Å². The molecule has 5 heteroatoms. The maximum absolute atomic E-state index is 12.0. The van der Waals surface area contributed by atoms with E-state index in [1.54, 1.807) is 31.5 Å². The number of thiophene rings is 1. The van der Waals surface area contributed by atoms with Crippen LogP contribution in [-0.4, -0.2) is 18.1 Å². The summed E-state index contributed by atoms with van der Waals surface area (Å²) in [4.78, 5) is 16.0. The van der Waals surface area contributed by atoms with E-state index in [0.29, 0.717) is 16.4 Å². The number of methoxy groups -OCH3 is 1. The Morgan fingerprint density at radius 3 is 2.74 bits per heavy atom. The molecular formula is C14H13NO3S. The molecule has 2 aromatic heterocycles. The number of hydrogen-bond donors (Lipinski definition) is 0. The highest BCUT2D eigenvalue weighted by atomic mass is 32.1. The quantitative estimate of drug-likeness (QED) is 0.488. The highest BCUT2D eigenvalue weighted by Crippen LogP contribution is 2.23. The summed E-state index contributed by atoms with van der Waals surface area (Å²) < 4.78 is 10.5. The molecule has 0 saturated heterocycles. The second-order valence-electron chi connectivity index (χ2n) is 3.72. The van der Waals surface area contributed by atoms with Gasteiger partial charge in [-0.25, -0.2) is 4.79 Å². The van der Waals surface area contributed by atoms with Gasteiger partial charge in [0.2, 0.25) is 0 Å². The van der Waals surface area contributed by atoms with Gasteiger partial charge in [0, 0.05) is 18.0 Å². The van der Waals surface area contributed by atoms with Crippen LogP contribution in [0.1, 0.15) is 12.5 Å². The monoisotopic (exact) mass is 275 g/mol. The molecule has 0 radical (unpaired) electrons. The molecule has 0 N–H and O–H groups in total. The lowest BCUT2D eigenvalue weighted by atomic mass is 10.1. The van der Waals surface area contributed by atoms with Crippen molar-refractivity contribution >= 4 is 23.1 Å². The molecule has 0 aliphatic heterocycles. The van der Waals surface area contributed by atoms with Crippen LogP contribution in [0.5, 0.6) is 5.06 Å². The maximum Gasteiger partial charge on any atom is 0.343 e. The molecule has 2 rings (SSSR count). The molecule has 0 aliphatic rings. The molecule has 0 amide bonds. The van der Waals surface area contributed by atoms with Crippen molar-refractivity contribution in [1.29, 1.82) is 0 Å². The minimum atomic E-state index is -0.428. The Bertz CT molecular complexity index is 576. The van der Waals surface area contributed by atoms with Crippen LogP contribution < -0.4 is 4.74 Å². The van der Waals surface area contributed by atoms with Gasteiger partial charge in [0.25, 0.3) is 0 Å². The zero-order valence-corrected chi connectivity index (χ0v) is 11.4. The average molecular weight is 275 g/mol. The molecule has 2 heterocycles. The summed E-state index contributed by atoms with van der Waals surface area (Å²) in [6, 6.07) is 7.18. The highest BCUT2D eigenvalue weighted by Gasteiger charge is 2.16. The molecule has 0 fully saturated rings. The number of aromatic nitrogens is 1. The van der Waals surface area contributed by atoms with E-state index in [-0.39, 0.29) is 0 Å². The van der Waals surface area contributed by atoms with Crippen LogP contribution in [0.4, 0.5) is 0 Å². The van der Waals surface area contributed by atoms with E-state index in [1.807, 2.05) is 17.5 Å². The van der Waals surface area contributed by atoms with Crippen LogP contribution in [-0.2, 0) is 9.53 Å². The lowest BCUT2D eigenvalue weighted by Gasteiger charge is -2.10. The van der Waals surface area contributed by atoms with Crippen LogP contribution in [0.3, 0.4) is 0 Å². The fourth-order valence-electron chi connectivity index (χ4n) is 1.57. The van der Waals surface area contributed by atoms with Gasteiger partial charge < -0.3 is 9.47 Å². The molecule has 0 saturated carbocycles. The van der Waals surface area contributed by atoms with Gasteiger partial charge in [0.1, 0.15) is 5.76 Å². The molecule has 98 valence electrons. The third-order valence-electron chi connectivity index (χ3n) is 2.46. The maximum atomic E-state index is 12.0. The van der Waals surface area contributed by atoms with E-state index in [4.69, 9.17) is 9.47 Å². The number of pyridine rings is 1. The first-order chi connectivity index (χ1) is 9.22. The fraction of sp³-hybridized carbons (Fsp3) is 0.143. The Hall–Kier alpha value is -2.14. The van der Waals surface area contributed by atoms with E-state index in [1.165, 1.54) is 18.4 Å². The Morgan fingerprint density at radius 1 is 1.32 bits per heavy atom. The van der Waals surface area contributed by atoms with Crippen molar-refractivity contribution in [3.63, 3.8) is 0 Å². The molecule has 19 heavy (non-hydrogen) atoms. The number of esters is 1. The van der Waals surface area contributed by atoms with Gasteiger partial charge in [0.05, 0.1) is 12.7 Å². The summed E-state index contributed by atoms with van der Waals surface area (Å²) in [6.45, 7) is 1.67. The van der Waals surface area contributed by atoms with Crippen LogP contribution in [0.2, 0.25) is 0 Å². The second kappa shape index (κ2) is 6.15. The number of carbonyl (C=O) groups is 1. The molecule has 0 bridgehead atoms. The van der Waals surface area contributed by atoms with Gasteiger partial charge >= 0.3 is 5.97 Å². The Labute approximate surface area is 115 Å². The Morgan fingerprint density at radius 2 is 2.16 bits per heavy atom. The van der Waals surface area contributed by atoms with Gasteiger partial charge in [-0.3, -0.25) is 4.98 Å². The van der Waals surface area contributed by atoms with E-state index < -0.39 is 5.97 Å². The molecule has 0 atom stereocenters. The van der Waals surface area contributed by atoms with E-state index in [2.05, 4.69) is 4.98 Å². The molecule has 0 spiro atoms. The van der Waals surface area contributed by atoms with E-state index in [0.717, 1.165) is 5.56 Å². The topological polar surface area (TPSA) is 48.4 Å². The number of carbonyl (C=O) groups excluding carboxylic acids is 1. The number of hydrogen-bond acceptors (Lipinski definition) is 5. The highest BCUT2D eigenvalue weighted by molar-refractivity contribution is 7.11. The van der Waals surface area contributed by atoms with Crippen molar-refractivity contribution in [1.82, 2.24) is 4.98 Å². The van der Waals surface area contributed by atoms with Gasteiger partial charge in [-0.05, 0) is 36.6 Å². The summed E-state index contributed by atoms with van der Waals surface area (Å²) in [5.41, 5.74) is 1.15. The zero-order chi connectivity index (χ0) is 13.7. The van der Waals surface area contributed by atoms with Gasteiger partial charge in [-0.15, -0.1) is 11.3 Å². The lowest BCUT2D eigenvalue weighted by molar-refractivity contribution is -0.129. The summed E-state index contributed by atoms with van der Waals surface area (Å²) in [7, 11) is 1.52. The molecule has 0 aliphatic carbocycles. The first kappa shape index (κ1) is 13.3. The van der Waals surface area contributed by atoms with E-state index >= 15 is 0 Å². The molecular weight excluding hydrogens is 262 g/mol. The second-order valence-corrected chi connectivity index (χ2v) is 4.63. The zero-order valence-electron chi connectivity index (χ0n) is 10.6. The molecule has 0 aromatic carbocycles. The van der Waals surface area contributed by atoms with Gasteiger partial charge in [-0.2, -0.15) is 0 Å². The van der Waals surface area contributed by atoms with Gasteiger partial charge in [0.15, 0.2) is 5.06 Å². The van der Waals surface area contributed by atoms with E-state index in [9.17, 15) is 4.79 Å². The summed E-state index contributed by atoms with van der Waals surface area (Å²) in [5, 5.41) is 2.41. The van der Waals surface area contributed by atoms with Crippen LogP contribution >= 0.6 is 11.3 Å². The summed E-state index contributed by atoms with van der Waals surface area (Å²) in [6.07, 6.45) is 3.30. The molecule has 4 nitrogen and oxygen atoms in total. The predicted octanol–water partition coefficient (Wildman–Crippen LogP) is 3.13. The summed E-state index contributed by atoms with van der Waals surface area (Å²) >= 11 is 1.36. The smallest absolute Gasteiger partial charge is 0.343 e. The summed E-state index contributed by atoms with van der Waals surface area (Å²) in [5.74, 6) is 0.0396. The van der Waals surface area contributed by atoms with Gasteiger partial charge in [-0.1, -0.05) is 0 Å². The third kappa shape index (κ3) is 3.20. The molecule has 0 unspecified atom stereocenters. The number of ether oxygens (including phenoxy) is 2. The van der Waals surface area contributed by atoms with Crippen molar-refractivity contribution in [2.45, 2.75) is 6.92 Å². The van der Waals surface area contributed by atoms with Crippen LogP contribution in [0.15, 0.2) is 47.6 Å². The first-order valence-electron chi connectivity index (χ1n) is 5.63. The predicted molar refractivity (Wildman–Crippen MR) is 73.8 cm³/mol. The molecule has 2 aromatic rings. The Balaban J connectivity index is 2.25. The lowest BCUT2D eigenvalue weighted by Crippen LogP contribution is -2.11. The number of rotatable bonds is 4. The minimum Gasteiger partial charge on any atom is -0.496 e. The first-order valence-corrected chi connectivity index (χ1v) is 6.51.